The first kappa shape index (κ1) is 21.7. The van der Waals surface area contributed by atoms with Gasteiger partial charge < -0.3 is 9.84 Å². The molecule has 6 nitrogen and oxygen atoms in total. The van der Waals surface area contributed by atoms with E-state index in [9.17, 15) is 13.5 Å². The molecule has 1 fully saturated rings. The SMILES string of the molecule is O=S(=O)(/C=C/c1ccccc1)N1CCN(C[C@@H](O)COCc2ccccc2)CC1. The maximum absolute atomic E-state index is 12.5. The fourth-order valence-corrected chi connectivity index (χ4v) is 4.39. The van der Waals surface area contributed by atoms with E-state index in [0.717, 1.165) is 11.1 Å². The number of benzene rings is 2. The first-order valence-corrected chi connectivity index (χ1v) is 11.3. The molecule has 1 atom stereocenters. The molecule has 2 aromatic rings. The number of rotatable bonds is 9. The van der Waals surface area contributed by atoms with Crippen molar-refractivity contribution in [3.63, 3.8) is 0 Å². The van der Waals surface area contributed by atoms with E-state index in [-0.39, 0.29) is 6.61 Å². The van der Waals surface area contributed by atoms with E-state index in [4.69, 9.17) is 4.74 Å². The highest BCUT2D eigenvalue weighted by molar-refractivity contribution is 7.92. The average molecular weight is 417 g/mol. The normalized spacial score (nSPS) is 17.6. The van der Waals surface area contributed by atoms with E-state index in [1.807, 2.05) is 60.7 Å². The van der Waals surface area contributed by atoms with E-state index in [0.29, 0.717) is 39.3 Å². The van der Waals surface area contributed by atoms with Gasteiger partial charge in [0.05, 0.1) is 19.3 Å². The van der Waals surface area contributed by atoms with E-state index >= 15 is 0 Å². The summed E-state index contributed by atoms with van der Waals surface area (Å²) in [5, 5.41) is 11.5. The van der Waals surface area contributed by atoms with Crippen molar-refractivity contribution in [1.29, 1.82) is 0 Å². The van der Waals surface area contributed by atoms with Crippen LogP contribution in [0.25, 0.3) is 6.08 Å². The van der Waals surface area contributed by atoms with Gasteiger partial charge in [-0.3, -0.25) is 4.90 Å². The van der Waals surface area contributed by atoms with Crippen molar-refractivity contribution in [3.05, 3.63) is 77.2 Å². The van der Waals surface area contributed by atoms with E-state index in [1.165, 1.54) is 9.71 Å². The number of ether oxygens (including phenoxy) is 1. The van der Waals surface area contributed by atoms with Gasteiger partial charge in [0.15, 0.2) is 0 Å². The third-order valence-corrected chi connectivity index (χ3v) is 6.38. The molecule has 1 aliphatic heterocycles. The first-order chi connectivity index (χ1) is 14.0. The molecule has 0 saturated carbocycles. The summed E-state index contributed by atoms with van der Waals surface area (Å²) in [5.41, 5.74) is 1.93. The summed E-state index contributed by atoms with van der Waals surface area (Å²) in [6.07, 6.45) is 1.02. The number of nitrogens with zero attached hydrogens (tertiary/aromatic N) is 2. The molecular formula is C22H28N2O4S. The maximum Gasteiger partial charge on any atom is 0.236 e. The molecular weight excluding hydrogens is 388 g/mol. The summed E-state index contributed by atoms with van der Waals surface area (Å²) in [7, 11) is -3.44. The Labute approximate surface area is 173 Å². The number of sulfonamides is 1. The zero-order chi connectivity index (χ0) is 20.5. The van der Waals surface area contributed by atoms with Gasteiger partial charge in [0, 0.05) is 38.1 Å². The van der Waals surface area contributed by atoms with Gasteiger partial charge in [-0.1, -0.05) is 60.7 Å². The monoisotopic (exact) mass is 416 g/mol. The summed E-state index contributed by atoms with van der Waals surface area (Å²) in [4.78, 5) is 2.07. The van der Waals surface area contributed by atoms with Crippen LogP contribution in [0, 0.1) is 0 Å². The van der Waals surface area contributed by atoms with Crippen LogP contribution in [0.5, 0.6) is 0 Å². The first-order valence-electron chi connectivity index (χ1n) is 9.78. The zero-order valence-corrected chi connectivity index (χ0v) is 17.2. The molecule has 2 aromatic carbocycles. The molecule has 3 rings (SSSR count). The summed E-state index contributed by atoms with van der Waals surface area (Å²) in [6.45, 7) is 3.22. The fourth-order valence-electron chi connectivity index (χ4n) is 3.22. The second-order valence-electron chi connectivity index (χ2n) is 7.11. The summed E-state index contributed by atoms with van der Waals surface area (Å²) in [6, 6.07) is 19.2. The Bertz CT molecular complexity index is 864. The predicted octanol–water partition coefficient (Wildman–Crippen LogP) is 2.18. The minimum atomic E-state index is -3.44. The lowest BCUT2D eigenvalue weighted by atomic mass is 10.2. The lowest BCUT2D eigenvalue weighted by Crippen LogP contribution is -2.50. The Morgan fingerprint density at radius 3 is 2.24 bits per heavy atom. The molecule has 0 radical (unpaired) electrons. The van der Waals surface area contributed by atoms with Gasteiger partial charge >= 0.3 is 0 Å². The van der Waals surface area contributed by atoms with Gasteiger partial charge in [0.25, 0.3) is 0 Å². The Morgan fingerprint density at radius 1 is 0.966 bits per heavy atom. The largest absolute Gasteiger partial charge is 0.389 e. The number of hydrogen-bond acceptors (Lipinski definition) is 5. The van der Waals surface area contributed by atoms with Crippen molar-refractivity contribution in [3.8, 4) is 0 Å². The second-order valence-corrected chi connectivity index (χ2v) is 8.93. The van der Waals surface area contributed by atoms with Gasteiger partial charge in [-0.2, -0.15) is 4.31 Å². The van der Waals surface area contributed by atoms with Crippen LogP contribution >= 0.6 is 0 Å². The zero-order valence-electron chi connectivity index (χ0n) is 16.4. The van der Waals surface area contributed by atoms with Gasteiger partial charge in [0.2, 0.25) is 10.0 Å². The van der Waals surface area contributed by atoms with Crippen molar-refractivity contribution >= 4 is 16.1 Å². The highest BCUT2D eigenvalue weighted by Crippen LogP contribution is 2.12. The van der Waals surface area contributed by atoms with Gasteiger partial charge in [-0.25, -0.2) is 8.42 Å². The van der Waals surface area contributed by atoms with Crippen LogP contribution in [0.15, 0.2) is 66.1 Å². The minimum absolute atomic E-state index is 0.257. The predicted molar refractivity (Wildman–Crippen MR) is 115 cm³/mol. The number of β-amino-alcohol motifs (C(OH)–C–C–N with tert-alkyl or cyclic N) is 1. The molecule has 1 aliphatic rings. The number of aliphatic hydroxyl groups excluding tert-OH is 1. The van der Waals surface area contributed by atoms with Crippen molar-refractivity contribution < 1.29 is 18.3 Å². The molecule has 1 heterocycles. The van der Waals surface area contributed by atoms with Crippen LogP contribution in [0.4, 0.5) is 0 Å². The summed E-state index contributed by atoms with van der Waals surface area (Å²) >= 11 is 0. The summed E-state index contributed by atoms with van der Waals surface area (Å²) in [5.74, 6) is 0. The standard InChI is InChI=1S/C22H28N2O4S/c25-22(19-28-18-21-9-5-2-6-10-21)17-23-12-14-24(15-13-23)29(26,27)16-11-20-7-3-1-4-8-20/h1-11,16,22,25H,12-15,17-19H2/b16-11+/t22-/m1/s1. The summed E-state index contributed by atoms with van der Waals surface area (Å²) < 4.78 is 32.1. The Hall–Kier alpha value is -2.03. The molecule has 0 aliphatic carbocycles. The Balaban J connectivity index is 1.39. The van der Waals surface area contributed by atoms with Crippen LogP contribution in [0.2, 0.25) is 0 Å². The Morgan fingerprint density at radius 2 is 1.59 bits per heavy atom. The lowest BCUT2D eigenvalue weighted by Gasteiger charge is -2.34. The number of aliphatic hydroxyl groups is 1. The van der Waals surface area contributed by atoms with Gasteiger partial charge in [-0.05, 0) is 17.2 Å². The van der Waals surface area contributed by atoms with Crippen molar-refractivity contribution in [2.75, 3.05) is 39.3 Å². The minimum Gasteiger partial charge on any atom is -0.389 e. The second kappa shape index (κ2) is 10.7. The average Bonchev–Trinajstić information content (AvgIpc) is 2.74. The highest BCUT2D eigenvalue weighted by atomic mass is 32.2. The van der Waals surface area contributed by atoms with Crippen molar-refractivity contribution in [2.24, 2.45) is 0 Å². The van der Waals surface area contributed by atoms with Gasteiger partial charge in [0.1, 0.15) is 0 Å². The smallest absolute Gasteiger partial charge is 0.236 e. The topological polar surface area (TPSA) is 70.1 Å². The number of hydrogen-bond donors (Lipinski definition) is 1. The molecule has 0 unspecified atom stereocenters. The molecule has 29 heavy (non-hydrogen) atoms. The van der Waals surface area contributed by atoms with E-state index in [1.54, 1.807) is 6.08 Å². The van der Waals surface area contributed by atoms with Crippen LogP contribution < -0.4 is 0 Å². The third kappa shape index (κ3) is 7.06. The lowest BCUT2D eigenvalue weighted by molar-refractivity contribution is 0.00543. The van der Waals surface area contributed by atoms with Crippen LogP contribution in [0.3, 0.4) is 0 Å². The molecule has 0 bridgehead atoms. The molecule has 0 aromatic heterocycles. The fraction of sp³-hybridized carbons (Fsp3) is 0.364. The third-order valence-electron chi connectivity index (χ3n) is 4.81. The number of piperazine rings is 1. The van der Waals surface area contributed by atoms with Gasteiger partial charge in [-0.15, -0.1) is 0 Å². The van der Waals surface area contributed by atoms with E-state index < -0.39 is 16.1 Å². The van der Waals surface area contributed by atoms with E-state index in [2.05, 4.69) is 4.90 Å². The molecule has 7 heteroatoms. The van der Waals surface area contributed by atoms with Crippen molar-refractivity contribution in [2.45, 2.75) is 12.7 Å². The van der Waals surface area contributed by atoms with Crippen LogP contribution in [0.1, 0.15) is 11.1 Å². The quantitative estimate of drug-likeness (QED) is 0.679. The van der Waals surface area contributed by atoms with Crippen LogP contribution in [-0.4, -0.2) is 68.2 Å². The van der Waals surface area contributed by atoms with Crippen molar-refractivity contribution in [1.82, 2.24) is 9.21 Å². The Kier molecular flexibility index (Phi) is 7.97. The highest BCUT2D eigenvalue weighted by Gasteiger charge is 2.25. The molecule has 156 valence electrons. The molecule has 1 saturated heterocycles. The molecule has 0 amide bonds. The molecule has 0 spiro atoms. The maximum atomic E-state index is 12.5. The molecule has 1 N–H and O–H groups in total. The van der Waals surface area contributed by atoms with Crippen LogP contribution in [-0.2, 0) is 21.4 Å².